The molecule has 2 aromatic carbocycles. The van der Waals surface area contributed by atoms with E-state index >= 15 is 0 Å². The Hall–Kier alpha value is -3.32. The lowest BCUT2D eigenvalue weighted by Crippen LogP contribution is -2.35. The minimum atomic E-state index is -0.701. The number of para-hydroxylation sites is 1. The van der Waals surface area contributed by atoms with Crippen LogP contribution in [0, 0.1) is 13.8 Å². The number of hydrogen-bond donors (Lipinski definition) is 0. The zero-order valence-corrected chi connectivity index (χ0v) is 18.3. The van der Waals surface area contributed by atoms with Gasteiger partial charge in [-0.05, 0) is 25.5 Å². The van der Waals surface area contributed by atoms with Crippen molar-refractivity contribution in [1.29, 1.82) is 0 Å². The predicted molar refractivity (Wildman–Crippen MR) is 116 cm³/mol. The number of ether oxygens (including phenoxy) is 3. The lowest BCUT2D eigenvalue weighted by molar-refractivity contribution is -0.143. The van der Waals surface area contributed by atoms with E-state index < -0.39 is 6.10 Å². The van der Waals surface area contributed by atoms with Gasteiger partial charge in [-0.1, -0.05) is 42.5 Å². The molecule has 1 aliphatic rings. The molecule has 31 heavy (non-hydrogen) atoms. The molecule has 3 aromatic rings. The highest BCUT2D eigenvalue weighted by atomic mass is 16.7. The number of benzene rings is 2. The molecule has 0 fully saturated rings. The Morgan fingerprint density at radius 3 is 2.58 bits per heavy atom. The fourth-order valence-corrected chi connectivity index (χ4v) is 3.94. The molecule has 7 heteroatoms. The molecule has 0 aliphatic carbocycles. The molecule has 1 amide bonds. The molecular weight excluding hydrogens is 394 g/mol. The number of carbonyl (C=O) groups is 1. The molecule has 0 bridgehead atoms. The second-order valence-corrected chi connectivity index (χ2v) is 7.64. The monoisotopic (exact) mass is 421 g/mol. The van der Waals surface area contributed by atoms with Gasteiger partial charge in [0.05, 0.1) is 5.69 Å². The van der Waals surface area contributed by atoms with Crippen molar-refractivity contribution in [2.45, 2.75) is 33.0 Å². The van der Waals surface area contributed by atoms with Crippen molar-refractivity contribution in [2.75, 3.05) is 13.9 Å². The van der Waals surface area contributed by atoms with Gasteiger partial charge < -0.3 is 19.1 Å². The minimum Gasteiger partial charge on any atom is -0.454 e. The summed E-state index contributed by atoms with van der Waals surface area (Å²) in [5.74, 6) is 1.27. The molecular formula is C24H27N3O4. The zero-order valence-electron chi connectivity index (χ0n) is 18.3. The number of carbonyl (C=O) groups excluding carboxylic acids is 1. The van der Waals surface area contributed by atoms with E-state index in [1.165, 1.54) is 0 Å². The molecule has 2 heterocycles. The van der Waals surface area contributed by atoms with Crippen LogP contribution in [-0.2, 0) is 29.7 Å². The van der Waals surface area contributed by atoms with Crippen molar-refractivity contribution in [2.24, 2.45) is 7.05 Å². The lowest BCUT2D eigenvalue weighted by atomic mass is 10.1. The lowest BCUT2D eigenvalue weighted by Gasteiger charge is -2.28. The van der Waals surface area contributed by atoms with Gasteiger partial charge in [0.25, 0.3) is 5.91 Å². The molecule has 1 aromatic heterocycles. The highest BCUT2D eigenvalue weighted by molar-refractivity contribution is 5.82. The molecule has 0 radical (unpaired) electrons. The quantitative estimate of drug-likeness (QED) is 0.582. The first-order valence-corrected chi connectivity index (χ1v) is 10.2. The van der Waals surface area contributed by atoms with E-state index in [0.29, 0.717) is 24.6 Å². The Kier molecular flexibility index (Phi) is 5.95. The van der Waals surface area contributed by atoms with Crippen LogP contribution in [0.15, 0.2) is 48.5 Å². The van der Waals surface area contributed by atoms with Crippen molar-refractivity contribution >= 4 is 5.91 Å². The molecule has 0 spiro atoms. The van der Waals surface area contributed by atoms with Crippen LogP contribution >= 0.6 is 0 Å². The number of rotatable bonds is 7. The van der Waals surface area contributed by atoms with E-state index in [2.05, 4.69) is 5.10 Å². The van der Waals surface area contributed by atoms with Crippen LogP contribution in [0.2, 0.25) is 0 Å². The Balaban J connectivity index is 1.70. The van der Waals surface area contributed by atoms with E-state index in [1.54, 1.807) is 12.0 Å². The first-order chi connectivity index (χ1) is 15.0. The van der Waals surface area contributed by atoms with Crippen LogP contribution < -0.4 is 9.47 Å². The van der Waals surface area contributed by atoms with Gasteiger partial charge >= 0.3 is 0 Å². The van der Waals surface area contributed by atoms with E-state index in [-0.39, 0.29) is 12.7 Å². The van der Waals surface area contributed by atoms with E-state index in [0.717, 1.165) is 28.1 Å². The topological polar surface area (TPSA) is 65.8 Å². The summed E-state index contributed by atoms with van der Waals surface area (Å²) in [6.07, 6.45) is -0.701. The van der Waals surface area contributed by atoms with Crippen LogP contribution in [0.1, 0.15) is 34.2 Å². The minimum absolute atomic E-state index is 0.118. The van der Waals surface area contributed by atoms with Gasteiger partial charge in [-0.2, -0.15) is 5.10 Å². The van der Waals surface area contributed by atoms with Crippen LogP contribution in [0.3, 0.4) is 0 Å². The number of fused-ring (bicyclic) bond motifs is 1. The molecule has 1 atom stereocenters. The predicted octanol–water partition coefficient (Wildman–Crippen LogP) is 3.68. The standard InChI is InChI=1S/C24H27N3O4/c1-16-20(17(2)26(3)25-16)14-27(13-19-11-8-12-21-22(19)31-15-30-21)24(28)23(29-4)18-9-6-5-7-10-18/h5-12,23H,13-15H2,1-4H3/t23-/m0/s1. The Morgan fingerprint density at radius 2 is 1.90 bits per heavy atom. The molecule has 4 rings (SSSR count). The summed E-state index contributed by atoms with van der Waals surface area (Å²) < 4.78 is 18.7. The fourth-order valence-electron chi connectivity index (χ4n) is 3.94. The van der Waals surface area contributed by atoms with Crippen LogP contribution in [0.4, 0.5) is 0 Å². The normalized spacial score (nSPS) is 13.3. The third kappa shape index (κ3) is 4.14. The van der Waals surface area contributed by atoms with E-state index in [9.17, 15) is 4.79 Å². The summed E-state index contributed by atoms with van der Waals surface area (Å²) in [5, 5.41) is 4.51. The molecule has 0 N–H and O–H groups in total. The average Bonchev–Trinajstić information content (AvgIpc) is 3.35. The summed E-state index contributed by atoms with van der Waals surface area (Å²) in [5.41, 5.74) is 4.68. The van der Waals surface area contributed by atoms with Gasteiger partial charge in [-0.15, -0.1) is 0 Å². The van der Waals surface area contributed by atoms with Gasteiger partial charge in [0, 0.05) is 44.1 Å². The Morgan fingerprint density at radius 1 is 1.13 bits per heavy atom. The maximum atomic E-state index is 13.7. The molecule has 1 aliphatic heterocycles. The summed E-state index contributed by atoms with van der Waals surface area (Å²) in [6.45, 7) is 4.95. The maximum Gasteiger partial charge on any atom is 0.256 e. The highest BCUT2D eigenvalue weighted by Gasteiger charge is 2.29. The van der Waals surface area contributed by atoms with Crippen molar-refractivity contribution in [3.8, 4) is 11.5 Å². The SMILES string of the molecule is CO[C@H](C(=O)N(Cc1cccc2c1OCO2)Cc1c(C)nn(C)c1C)c1ccccc1. The molecule has 0 saturated carbocycles. The number of nitrogens with zero attached hydrogens (tertiary/aromatic N) is 3. The first kappa shape index (κ1) is 20.9. The molecule has 162 valence electrons. The van der Waals surface area contributed by atoms with Crippen LogP contribution in [0.25, 0.3) is 0 Å². The summed E-state index contributed by atoms with van der Waals surface area (Å²) in [7, 11) is 3.47. The van der Waals surface area contributed by atoms with Gasteiger partial charge in [-0.25, -0.2) is 0 Å². The summed E-state index contributed by atoms with van der Waals surface area (Å²) in [6, 6.07) is 15.3. The number of methoxy groups -OCH3 is 1. The first-order valence-electron chi connectivity index (χ1n) is 10.2. The maximum absolute atomic E-state index is 13.7. The summed E-state index contributed by atoms with van der Waals surface area (Å²) >= 11 is 0. The van der Waals surface area contributed by atoms with E-state index in [1.807, 2.05) is 74.1 Å². The third-order valence-corrected chi connectivity index (χ3v) is 5.72. The Bertz CT molecular complexity index is 1080. The zero-order chi connectivity index (χ0) is 22.0. The van der Waals surface area contributed by atoms with Gasteiger partial charge in [0.15, 0.2) is 17.6 Å². The van der Waals surface area contributed by atoms with Gasteiger partial charge in [0.2, 0.25) is 6.79 Å². The van der Waals surface area contributed by atoms with E-state index in [4.69, 9.17) is 14.2 Å². The van der Waals surface area contributed by atoms with Gasteiger partial charge in [0.1, 0.15) is 0 Å². The van der Waals surface area contributed by atoms with Gasteiger partial charge in [-0.3, -0.25) is 9.48 Å². The molecule has 0 unspecified atom stereocenters. The number of aromatic nitrogens is 2. The van der Waals surface area contributed by atoms with Crippen molar-refractivity contribution in [3.05, 3.63) is 76.6 Å². The smallest absolute Gasteiger partial charge is 0.256 e. The molecule has 7 nitrogen and oxygen atoms in total. The van der Waals surface area contributed by atoms with Crippen molar-refractivity contribution < 1.29 is 19.0 Å². The fraction of sp³-hybridized carbons (Fsp3) is 0.333. The largest absolute Gasteiger partial charge is 0.454 e. The van der Waals surface area contributed by atoms with Crippen molar-refractivity contribution in [1.82, 2.24) is 14.7 Å². The Labute approximate surface area is 182 Å². The average molecular weight is 421 g/mol. The number of amides is 1. The highest BCUT2D eigenvalue weighted by Crippen LogP contribution is 2.36. The molecule has 0 saturated heterocycles. The van der Waals surface area contributed by atoms with Crippen LogP contribution in [0.5, 0.6) is 11.5 Å². The summed E-state index contributed by atoms with van der Waals surface area (Å²) in [4.78, 5) is 15.5. The van der Waals surface area contributed by atoms with Crippen molar-refractivity contribution in [3.63, 3.8) is 0 Å². The second kappa shape index (κ2) is 8.81. The van der Waals surface area contributed by atoms with Crippen LogP contribution in [-0.4, -0.2) is 34.5 Å². The number of hydrogen-bond acceptors (Lipinski definition) is 5. The number of aryl methyl sites for hydroxylation is 2. The third-order valence-electron chi connectivity index (χ3n) is 5.72. The second-order valence-electron chi connectivity index (χ2n) is 7.64.